The minimum atomic E-state index is -0.432. The Bertz CT molecular complexity index is 903. The monoisotopic (exact) mass is 337 g/mol. The highest BCUT2D eigenvalue weighted by Gasteiger charge is 2.25. The van der Waals surface area contributed by atoms with Gasteiger partial charge in [0.25, 0.3) is 0 Å². The molecule has 0 bridgehead atoms. The van der Waals surface area contributed by atoms with Crippen molar-refractivity contribution in [2.75, 3.05) is 5.32 Å². The van der Waals surface area contributed by atoms with Crippen LogP contribution in [0, 0.1) is 19.7 Å². The second-order valence-corrected chi connectivity index (χ2v) is 6.12. The highest BCUT2D eigenvalue weighted by Crippen LogP contribution is 2.36. The number of hydrogen-bond donors (Lipinski definition) is 2. The lowest BCUT2D eigenvalue weighted by Gasteiger charge is -2.21. The third-order valence-electron chi connectivity index (χ3n) is 4.44. The first-order valence-electron chi connectivity index (χ1n) is 8.09. The van der Waals surface area contributed by atoms with Gasteiger partial charge in [-0.05, 0) is 36.6 Å². The minimum Gasteiger partial charge on any atom is -0.348 e. The molecule has 4 nitrogen and oxygen atoms in total. The van der Waals surface area contributed by atoms with Crippen LogP contribution >= 0.6 is 0 Å². The largest absolute Gasteiger partial charge is 0.348 e. The van der Waals surface area contributed by atoms with Gasteiger partial charge in [-0.2, -0.15) is 0 Å². The van der Waals surface area contributed by atoms with Crippen LogP contribution in [-0.2, 0) is 4.79 Å². The fourth-order valence-corrected chi connectivity index (χ4v) is 3.07. The molecule has 1 heterocycles. The van der Waals surface area contributed by atoms with Gasteiger partial charge in [-0.1, -0.05) is 30.3 Å². The molecule has 3 rings (SSSR count). The molecule has 25 heavy (non-hydrogen) atoms. The van der Waals surface area contributed by atoms with Crippen LogP contribution in [0.25, 0.3) is 0 Å². The van der Waals surface area contributed by atoms with Gasteiger partial charge >= 0.3 is 0 Å². The number of H-pyrrole nitrogens is 1. The van der Waals surface area contributed by atoms with Crippen LogP contribution in [0.1, 0.15) is 40.8 Å². The molecule has 1 aromatic heterocycles. The van der Waals surface area contributed by atoms with Gasteiger partial charge in [0.2, 0.25) is 5.91 Å². The van der Waals surface area contributed by atoms with E-state index in [0.717, 1.165) is 22.4 Å². The Morgan fingerprint density at radius 1 is 1.16 bits per heavy atom. The van der Waals surface area contributed by atoms with Gasteiger partial charge in [-0.25, -0.2) is 9.37 Å². The fourth-order valence-electron chi connectivity index (χ4n) is 3.07. The smallest absolute Gasteiger partial charge is 0.221 e. The van der Waals surface area contributed by atoms with E-state index < -0.39 is 5.82 Å². The third-order valence-corrected chi connectivity index (χ3v) is 4.44. The lowest BCUT2D eigenvalue weighted by atomic mass is 9.84. The molecule has 2 aromatic carbocycles. The van der Waals surface area contributed by atoms with Crippen LogP contribution in [0.15, 0.2) is 48.9 Å². The molecule has 2 N–H and O–H groups in total. The van der Waals surface area contributed by atoms with Gasteiger partial charge in [0.15, 0.2) is 5.82 Å². The van der Waals surface area contributed by atoms with Crippen molar-refractivity contribution < 1.29 is 9.18 Å². The molecule has 1 unspecified atom stereocenters. The van der Waals surface area contributed by atoms with E-state index in [9.17, 15) is 4.79 Å². The maximum atomic E-state index is 15.1. The first-order chi connectivity index (χ1) is 12.0. The molecule has 0 aliphatic heterocycles. The number of aromatic nitrogens is 2. The standard InChI is InChI=1S/C20H20FN3O/c1-12-6-4-7-15(13(12)2)19(18-10-22-11-23-18)16-8-5-9-17(20(16)21)24-14(3)25/h4-11,19H,1-3H3,(H,22,23)(H,24,25). The Labute approximate surface area is 146 Å². The molecule has 0 radical (unpaired) electrons. The van der Waals surface area contributed by atoms with Gasteiger partial charge < -0.3 is 10.3 Å². The molecule has 128 valence electrons. The Hall–Kier alpha value is -2.95. The molecular formula is C20H20FN3O. The molecule has 5 heteroatoms. The highest BCUT2D eigenvalue weighted by molar-refractivity contribution is 5.89. The topological polar surface area (TPSA) is 57.8 Å². The lowest BCUT2D eigenvalue weighted by Crippen LogP contribution is -2.12. The number of nitrogens with zero attached hydrogens (tertiary/aromatic N) is 1. The van der Waals surface area contributed by atoms with Crippen molar-refractivity contribution in [3.05, 3.63) is 82.7 Å². The van der Waals surface area contributed by atoms with E-state index in [1.165, 1.54) is 6.92 Å². The average molecular weight is 337 g/mol. The summed E-state index contributed by atoms with van der Waals surface area (Å²) in [5.74, 6) is -1.07. The van der Waals surface area contributed by atoms with Crippen LogP contribution in [0.3, 0.4) is 0 Å². The van der Waals surface area contributed by atoms with Crippen molar-refractivity contribution in [1.29, 1.82) is 0 Å². The number of amides is 1. The third kappa shape index (κ3) is 3.31. The number of carbonyl (C=O) groups is 1. The van der Waals surface area contributed by atoms with E-state index in [4.69, 9.17) is 0 Å². The first kappa shape index (κ1) is 16.9. The second kappa shape index (κ2) is 6.89. The lowest BCUT2D eigenvalue weighted by molar-refractivity contribution is -0.114. The molecule has 0 aliphatic rings. The number of aryl methyl sites for hydroxylation is 1. The summed E-state index contributed by atoms with van der Waals surface area (Å²) in [6.07, 6.45) is 3.29. The number of aromatic amines is 1. The van der Waals surface area contributed by atoms with Crippen molar-refractivity contribution in [3.63, 3.8) is 0 Å². The van der Waals surface area contributed by atoms with Crippen molar-refractivity contribution in [1.82, 2.24) is 9.97 Å². The molecule has 1 atom stereocenters. The van der Waals surface area contributed by atoms with E-state index >= 15 is 4.39 Å². The summed E-state index contributed by atoms with van der Waals surface area (Å²) < 4.78 is 15.1. The Morgan fingerprint density at radius 3 is 2.56 bits per heavy atom. The summed E-state index contributed by atoms with van der Waals surface area (Å²) in [4.78, 5) is 18.6. The molecule has 0 spiro atoms. The minimum absolute atomic E-state index is 0.180. The second-order valence-electron chi connectivity index (χ2n) is 6.12. The molecule has 0 fully saturated rings. The number of nitrogens with one attached hydrogen (secondary N) is 2. The maximum absolute atomic E-state index is 15.1. The van der Waals surface area contributed by atoms with Crippen molar-refractivity contribution in [2.45, 2.75) is 26.7 Å². The SMILES string of the molecule is CC(=O)Nc1cccc(C(c2cnc[nH]2)c2cccc(C)c2C)c1F. The van der Waals surface area contributed by atoms with E-state index in [0.29, 0.717) is 5.56 Å². The molecular weight excluding hydrogens is 317 g/mol. The van der Waals surface area contributed by atoms with Gasteiger partial charge in [0.1, 0.15) is 0 Å². The normalized spacial score (nSPS) is 12.0. The van der Waals surface area contributed by atoms with Crippen molar-refractivity contribution >= 4 is 11.6 Å². The van der Waals surface area contributed by atoms with Gasteiger partial charge in [-0.15, -0.1) is 0 Å². The quantitative estimate of drug-likeness (QED) is 0.745. The van der Waals surface area contributed by atoms with E-state index in [1.54, 1.807) is 30.7 Å². The zero-order valence-electron chi connectivity index (χ0n) is 14.4. The maximum Gasteiger partial charge on any atom is 0.221 e. The number of carbonyl (C=O) groups excluding carboxylic acids is 1. The molecule has 1 amide bonds. The van der Waals surface area contributed by atoms with Crippen LogP contribution in [-0.4, -0.2) is 15.9 Å². The van der Waals surface area contributed by atoms with Crippen molar-refractivity contribution in [2.24, 2.45) is 0 Å². The van der Waals surface area contributed by atoms with E-state index in [-0.39, 0.29) is 17.5 Å². The summed E-state index contributed by atoms with van der Waals surface area (Å²) in [5, 5.41) is 2.55. The van der Waals surface area contributed by atoms with Gasteiger partial charge in [0.05, 0.1) is 17.9 Å². The first-order valence-corrected chi connectivity index (χ1v) is 8.09. The summed E-state index contributed by atoms with van der Waals surface area (Å²) >= 11 is 0. The number of rotatable bonds is 4. The van der Waals surface area contributed by atoms with Crippen molar-refractivity contribution in [3.8, 4) is 0 Å². The Morgan fingerprint density at radius 2 is 1.88 bits per heavy atom. The molecule has 0 saturated heterocycles. The van der Waals surface area contributed by atoms with Crippen LogP contribution in [0.2, 0.25) is 0 Å². The van der Waals surface area contributed by atoms with Crippen LogP contribution in [0.4, 0.5) is 10.1 Å². The number of imidazole rings is 1. The zero-order chi connectivity index (χ0) is 18.0. The molecule has 3 aromatic rings. The summed E-state index contributed by atoms with van der Waals surface area (Å²) in [6, 6.07) is 11.1. The van der Waals surface area contributed by atoms with E-state index in [2.05, 4.69) is 15.3 Å². The number of halogens is 1. The fraction of sp³-hybridized carbons (Fsp3) is 0.200. The predicted octanol–water partition coefficient (Wildman–Crippen LogP) is 4.30. The number of anilines is 1. The van der Waals surface area contributed by atoms with Crippen LogP contribution < -0.4 is 5.32 Å². The Kier molecular flexibility index (Phi) is 4.65. The number of benzene rings is 2. The van der Waals surface area contributed by atoms with E-state index in [1.807, 2.05) is 32.0 Å². The zero-order valence-corrected chi connectivity index (χ0v) is 14.4. The molecule has 0 saturated carbocycles. The van der Waals surface area contributed by atoms with Crippen LogP contribution in [0.5, 0.6) is 0 Å². The number of hydrogen-bond acceptors (Lipinski definition) is 2. The summed E-state index contributed by atoms with van der Waals surface area (Å²) in [5.41, 5.74) is 4.71. The molecule has 0 aliphatic carbocycles. The highest BCUT2D eigenvalue weighted by atomic mass is 19.1. The summed E-state index contributed by atoms with van der Waals surface area (Å²) in [6.45, 7) is 5.43. The van der Waals surface area contributed by atoms with Gasteiger partial charge in [-0.3, -0.25) is 4.79 Å². The Balaban J connectivity index is 2.20. The average Bonchev–Trinajstić information content (AvgIpc) is 3.09. The summed E-state index contributed by atoms with van der Waals surface area (Å²) in [7, 11) is 0. The predicted molar refractivity (Wildman–Crippen MR) is 96.2 cm³/mol. The van der Waals surface area contributed by atoms with Gasteiger partial charge in [0, 0.05) is 24.4 Å².